The first-order valence-electron chi connectivity index (χ1n) is 19.6. The number of aromatic hydroxyl groups is 2. The fourth-order valence-corrected chi connectivity index (χ4v) is 8.19. The van der Waals surface area contributed by atoms with E-state index in [1.807, 2.05) is 0 Å². The Kier molecular flexibility index (Phi) is 12.6. The lowest BCUT2D eigenvalue weighted by Gasteiger charge is -2.34. The third kappa shape index (κ3) is 8.65. The van der Waals surface area contributed by atoms with Gasteiger partial charge in [-0.1, -0.05) is 147 Å². The van der Waals surface area contributed by atoms with Gasteiger partial charge in [0.05, 0.1) is 0 Å². The normalized spacial score (nSPS) is 14.3. The maximum atomic E-state index is 11.6. The Bertz CT molecular complexity index is 1430. The van der Waals surface area contributed by atoms with Crippen molar-refractivity contribution >= 4 is 0 Å². The Balaban J connectivity index is 2.45. The summed E-state index contributed by atoms with van der Waals surface area (Å²) in [6.07, 6.45) is 6.75. The van der Waals surface area contributed by atoms with E-state index in [0.717, 1.165) is 60.8 Å². The van der Waals surface area contributed by atoms with E-state index < -0.39 is 0 Å². The molecule has 3 aromatic rings. The predicted octanol–water partition coefficient (Wildman–Crippen LogP) is 14.2. The molecule has 0 aromatic heterocycles. The Morgan fingerprint density at radius 2 is 0.660 bits per heavy atom. The minimum atomic E-state index is -0.177. The van der Waals surface area contributed by atoms with E-state index in [9.17, 15) is 10.2 Å². The molecule has 3 rings (SSSR count). The molecule has 0 spiro atoms. The van der Waals surface area contributed by atoms with Crippen molar-refractivity contribution in [3.05, 3.63) is 91.0 Å². The van der Waals surface area contributed by atoms with Crippen molar-refractivity contribution in [2.24, 2.45) is 0 Å². The summed E-state index contributed by atoms with van der Waals surface area (Å²) >= 11 is 0. The number of hydrogen-bond donors (Lipinski definition) is 2. The molecule has 2 atom stereocenters. The number of hydrogen-bond acceptors (Lipinski definition) is 2. The van der Waals surface area contributed by atoms with E-state index in [0.29, 0.717) is 11.5 Å². The smallest absolute Gasteiger partial charge is 0.123 e. The first-order valence-corrected chi connectivity index (χ1v) is 19.6. The zero-order valence-corrected chi connectivity index (χ0v) is 35.6. The number of benzene rings is 3. The highest BCUT2D eigenvalue weighted by Gasteiger charge is 2.33. The first kappa shape index (κ1) is 41.7. The number of phenolic OH excluding ortho intramolecular Hbond substituents is 2. The summed E-state index contributed by atoms with van der Waals surface area (Å²) in [6, 6.07) is 9.30. The summed E-state index contributed by atoms with van der Waals surface area (Å²) in [7, 11) is 0. The van der Waals surface area contributed by atoms with Crippen LogP contribution in [0.3, 0.4) is 0 Å². The Labute approximate surface area is 308 Å². The summed E-state index contributed by atoms with van der Waals surface area (Å²) < 4.78 is 0. The molecule has 0 aliphatic heterocycles. The Hall–Kier alpha value is -2.74. The van der Waals surface area contributed by atoms with Gasteiger partial charge in [0, 0.05) is 11.8 Å². The van der Waals surface area contributed by atoms with Gasteiger partial charge in [-0.15, -0.1) is 0 Å². The van der Waals surface area contributed by atoms with Crippen molar-refractivity contribution in [2.45, 2.75) is 197 Å². The second-order valence-corrected chi connectivity index (χ2v) is 19.6. The Morgan fingerprint density at radius 3 is 0.840 bits per heavy atom. The van der Waals surface area contributed by atoms with Gasteiger partial charge in [-0.2, -0.15) is 0 Å². The lowest BCUT2D eigenvalue weighted by atomic mass is 9.71. The van der Waals surface area contributed by atoms with Gasteiger partial charge < -0.3 is 10.2 Å². The van der Waals surface area contributed by atoms with Crippen LogP contribution in [0.2, 0.25) is 0 Å². The van der Waals surface area contributed by atoms with Crippen molar-refractivity contribution in [1.82, 2.24) is 0 Å². The van der Waals surface area contributed by atoms with E-state index in [-0.39, 0.29) is 33.5 Å². The van der Waals surface area contributed by atoms with Crippen LogP contribution in [0, 0.1) is 27.7 Å². The highest BCUT2D eigenvalue weighted by atomic mass is 16.3. The molecule has 2 N–H and O–H groups in total. The standard InChI is InChI=1S/C48H74O2/c1-19-21-23-35(33-25-37(45(7,8)9)43(49)38(26-33)46(10,11)12)41-29(3)31(5)42(32(6)30(41)4)36(24-22-20-2)34-27-39(47(13,14)15)44(50)40(28-34)48(16,17)18/h25-28,35-36,49-50H,19-24H2,1-18H3. The molecule has 0 radical (unpaired) electrons. The summed E-state index contributed by atoms with van der Waals surface area (Å²) in [6.45, 7) is 40.7. The maximum Gasteiger partial charge on any atom is 0.123 e. The molecule has 2 heteroatoms. The molecule has 3 aromatic carbocycles. The van der Waals surface area contributed by atoms with Crippen molar-refractivity contribution < 1.29 is 10.2 Å². The van der Waals surface area contributed by atoms with Gasteiger partial charge >= 0.3 is 0 Å². The SMILES string of the molecule is CCCCC(c1cc(C(C)(C)C)c(O)c(C(C)(C)C)c1)c1c(C)c(C)c(C(CCCC)c2cc(C(C)(C)C)c(O)c(C(C)(C)C)c2)c(C)c1C. The lowest BCUT2D eigenvalue weighted by molar-refractivity contribution is 0.421. The number of phenols is 2. The quantitative estimate of drug-likeness (QED) is 0.223. The largest absolute Gasteiger partial charge is 0.507 e. The van der Waals surface area contributed by atoms with Crippen LogP contribution in [0.15, 0.2) is 24.3 Å². The van der Waals surface area contributed by atoms with Crippen LogP contribution in [0.1, 0.15) is 214 Å². The maximum absolute atomic E-state index is 11.6. The summed E-state index contributed by atoms with van der Waals surface area (Å²) in [5, 5.41) is 23.3. The fourth-order valence-electron chi connectivity index (χ4n) is 8.19. The van der Waals surface area contributed by atoms with Gasteiger partial charge in [0.15, 0.2) is 0 Å². The molecule has 50 heavy (non-hydrogen) atoms. The highest BCUT2D eigenvalue weighted by molar-refractivity contribution is 5.60. The molecule has 0 fully saturated rings. The third-order valence-electron chi connectivity index (χ3n) is 11.4. The van der Waals surface area contributed by atoms with Crippen molar-refractivity contribution in [1.29, 1.82) is 0 Å². The zero-order chi connectivity index (χ0) is 38.3. The fraction of sp³-hybridized carbons (Fsp3) is 0.625. The molecule has 0 heterocycles. The minimum Gasteiger partial charge on any atom is -0.507 e. The predicted molar refractivity (Wildman–Crippen MR) is 219 cm³/mol. The van der Waals surface area contributed by atoms with Crippen molar-refractivity contribution in [3.8, 4) is 11.5 Å². The zero-order valence-electron chi connectivity index (χ0n) is 35.6. The monoisotopic (exact) mass is 683 g/mol. The molecule has 278 valence electrons. The van der Waals surface area contributed by atoms with Crippen LogP contribution in [-0.2, 0) is 21.7 Å². The molecule has 0 saturated carbocycles. The van der Waals surface area contributed by atoms with E-state index >= 15 is 0 Å². The summed E-state index contributed by atoms with van der Waals surface area (Å²) in [5.41, 5.74) is 14.6. The molecular formula is C48H74O2. The minimum absolute atomic E-state index is 0.177. The van der Waals surface area contributed by atoms with E-state index in [4.69, 9.17) is 0 Å². The average Bonchev–Trinajstić information content (AvgIpc) is 2.97. The molecular weight excluding hydrogens is 609 g/mol. The van der Waals surface area contributed by atoms with Crippen molar-refractivity contribution in [2.75, 3.05) is 0 Å². The van der Waals surface area contributed by atoms with E-state index in [2.05, 4.69) is 149 Å². The average molecular weight is 683 g/mol. The van der Waals surface area contributed by atoms with Crippen LogP contribution < -0.4 is 0 Å². The van der Waals surface area contributed by atoms with E-state index in [1.165, 1.54) is 44.5 Å². The van der Waals surface area contributed by atoms with Crippen LogP contribution in [0.4, 0.5) is 0 Å². The van der Waals surface area contributed by atoms with Crippen LogP contribution in [0.25, 0.3) is 0 Å². The second-order valence-electron chi connectivity index (χ2n) is 19.6. The highest BCUT2D eigenvalue weighted by Crippen LogP contribution is 2.48. The molecule has 0 bridgehead atoms. The van der Waals surface area contributed by atoms with Gasteiger partial charge in [0.2, 0.25) is 0 Å². The first-order chi connectivity index (χ1) is 22.8. The van der Waals surface area contributed by atoms with Gasteiger partial charge in [-0.3, -0.25) is 0 Å². The topological polar surface area (TPSA) is 40.5 Å². The van der Waals surface area contributed by atoms with Crippen molar-refractivity contribution in [3.63, 3.8) is 0 Å². The molecule has 2 unspecified atom stereocenters. The third-order valence-corrected chi connectivity index (χ3v) is 11.4. The number of unbranched alkanes of at least 4 members (excludes halogenated alkanes) is 2. The molecule has 0 saturated heterocycles. The Morgan fingerprint density at radius 1 is 0.440 bits per heavy atom. The molecule has 0 aliphatic rings. The van der Waals surface area contributed by atoms with Gasteiger partial charge in [-0.25, -0.2) is 0 Å². The van der Waals surface area contributed by atoms with Gasteiger partial charge in [0.25, 0.3) is 0 Å². The molecule has 0 aliphatic carbocycles. The second kappa shape index (κ2) is 15.1. The molecule has 0 amide bonds. The van der Waals surface area contributed by atoms with Gasteiger partial charge in [-0.05, 0) is 129 Å². The van der Waals surface area contributed by atoms with Crippen LogP contribution in [0.5, 0.6) is 11.5 Å². The van der Waals surface area contributed by atoms with Gasteiger partial charge in [0.1, 0.15) is 11.5 Å². The van der Waals surface area contributed by atoms with E-state index in [1.54, 1.807) is 0 Å². The summed E-state index contributed by atoms with van der Waals surface area (Å²) in [4.78, 5) is 0. The molecule has 2 nitrogen and oxygen atoms in total. The number of rotatable bonds is 10. The van der Waals surface area contributed by atoms with Crippen LogP contribution >= 0.6 is 0 Å². The lowest BCUT2D eigenvalue weighted by Crippen LogP contribution is -2.20. The van der Waals surface area contributed by atoms with Crippen LogP contribution in [-0.4, -0.2) is 10.2 Å². The summed E-state index contributed by atoms with van der Waals surface area (Å²) in [5.74, 6) is 1.39.